The Morgan fingerprint density at radius 3 is 2.40 bits per heavy atom. The van der Waals surface area contributed by atoms with Crippen molar-refractivity contribution in [2.75, 3.05) is 0 Å². The van der Waals surface area contributed by atoms with E-state index in [0.29, 0.717) is 27.5 Å². The van der Waals surface area contributed by atoms with Crippen molar-refractivity contribution in [1.29, 1.82) is 0 Å². The number of hydrogen-bond acceptors (Lipinski definition) is 1. The fraction of sp³-hybridized carbons (Fsp3) is 0. The lowest BCUT2D eigenvalue weighted by Crippen LogP contribution is -2.07. The molecule has 0 saturated carbocycles. The Labute approximate surface area is 119 Å². The molecule has 1 nitrogen and oxygen atoms in total. The Morgan fingerprint density at radius 1 is 1.00 bits per heavy atom. The molecule has 1 aliphatic rings. The van der Waals surface area contributed by atoms with Crippen molar-refractivity contribution in [2.24, 2.45) is 0 Å². The van der Waals surface area contributed by atoms with Crippen LogP contribution >= 0.6 is 11.6 Å². The van der Waals surface area contributed by atoms with Gasteiger partial charge in [-0.15, -0.1) is 0 Å². The highest BCUT2D eigenvalue weighted by Crippen LogP contribution is 2.42. The third kappa shape index (κ3) is 2.10. The van der Waals surface area contributed by atoms with Crippen LogP contribution in [-0.4, -0.2) is 0 Å². The minimum atomic E-state index is -0.563. The molecule has 0 bridgehead atoms. The molecule has 2 aromatic carbocycles. The van der Waals surface area contributed by atoms with E-state index in [-0.39, 0.29) is 11.6 Å². The zero-order chi connectivity index (χ0) is 14.3. The third-order valence-electron chi connectivity index (χ3n) is 3.04. The second-order valence-electron chi connectivity index (χ2n) is 4.36. The Morgan fingerprint density at radius 2 is 1.70 bits per heavy atom. The fourth-order valence-corrected chi connectivity index (χ4v) is 2.28. The Kier molecular flexibility index (Phi) is 3.07. The van der Waals surface area contributed by atoms with E-state index in [0.717, 1.165) is 0 Å². The first-order valence-corrected chi connectivity index (χ1v) is 6.27. The van der Waals surface area contributed by atoms with Gasteiger partial charge in [0, 0.05) is 22.2 Å². The Bertz CT molecular complexity index is 733. The molecular weight excluding hydrogens is 282 g/mol. The first kappa shape index (κ1) is 12.9. The predicted octanol–water partition coefficient (Wildman–Crippen LogP) is 5.11. The van der Waals surface area contributed by atoms with Crippen molar-refractivity contribution < 1.29 is 13.5 Å². The molecule has 0 atom stereocenters. The number of allylic oxidation sites excluding steroid dienone is 1. The molecule has 0 saturated heterocycles. The summed E-state index contributed by atoms with van der Waals surface area (Å²) in [6.07, 6.45) is 0. The topological polar surface area (TPSA) is 9.23 Å². The first-order valence-electron chi connectivity index (χ1n) is 5.89. The number of ether oxygens (including phenoxy) is 1. The molecule has 0 radical (unpaired) electrons. The van der Waals surface area contributed by atoms with Gasteiger partial charge in [-0.1, -0.05) is 30.3 Å². The summed E-state index contributed by atoms with van der Waals surface area (Å²) < 4.78 is 32.7. The van der Waals surface area contributed by atoms with Crippen LogP contribution in [0.5, 0.6) is 5.75 Å². The van der Waals surface area contributed by atoms with Gasteiger partial charge in [0.2, 0.25) is 0 Å². The SMILES string of the molecule is C=C1Oc2cc(Cl)ccc2C(c2ccc(F)cc2)=C1F. The molecule has 3 rings (SSSR count). The van der Waals surface area contributed by atoms with Crippen molar-refractivity contribution in [3.63, 3.8) is 0 Å². The van der Waals surface area contributed by atoms with Crippen molar-refractivity contribution in [3.05, 3.63) is 82.6 Å². The van der Waals surface area contributed by atoms with Crippen molar-refractivity contribution in [1.82, 2.24) is 0 Å². The summed E-state index contributed by atoms with van der Waals surface area (Å²) >= 11 is 5.91. The van der Waals surface area contributed by atoms with Gasteiger partial charge in [-0.3, -0.25) is 0 Å². The van der Waals surface area contributed by atoms with Crippen LogP contribution in [-0.2, 0) is 0 Å². The number of fused-ring (bicyclic) bond motifs is 1. The maximum absolute atomic E-state index is 14.3. The number of hydrogen-bond donors (Lipinski definition) is 0. The van der Waals surface area contributed by atoms with E-state index >= 15 is 0 Å². The predicted molar refractivity (Wildman–Crippen MR) is 74.8 cm³/mol. The minimum absolute atomic E-state index is 0.0842. The standard InChI is InChI=1S/C16H9ClF2O/c1-9-16(19)15(10-2-5-12(18)6-3-10)13-7-4-11(17)8-14(13)20-9/h2-8H,1H2. The van der Waals surface area contributed by atoms with Gasteiger partial charge in [0.1, 0.15) is 11.6 Å². The van der Waals surface area contributed by atoms with Crippen LogP contribution in [0.25, 0.3) is 5.57 Å². The fourth-order valence-electron chi connectivity index (χ4n) is 2.12. The van der Waals surface area contributed by atoms with Gasteiger partial charge in [0.25, 0.3) is 0 Å². The largest absolute Gasteiger partial charge is 0.454 e. The van der Waals surface area contributed by atoms with Gasteiger partial charge in [0.15, 0.2) is 11.6 Å². The van der Waals surface area contributed by atoms with E-state index in [1.165, 1.54) is 24.3 Å². The van der Waals surface area contributed by atoms with Crippen LogP contribution in [0.15, 0.2) is 60.6 Å². The van der Waals surface area contributed by atoms with Gasteiger partial charge in [-0.05, 0) is 29.8 Å². The average molecular weight is 291 g/mol. The molecule has 20 heavy (non-hydrogen) atoms. The molecule has 100 valence electrons. The highest BCUT2D eigenvalue weighted by atomic mass is 35.5. The van der Waals surface area contributed by atoms with Crippen LogP contribution in [0.1, 0.15) is 11.1 Å². The van der Waals surface area contributed by atoms with E-state index in [4.69, 9.17) is 16.3 Å². The molecule has 2 aromatic rings. The third-order valence-corrected chi connectivity index (χ3v) is 3.28. The molecule has 0 unspecified atom stereocenters. The van der Waals surface area contributed by atoms with Crippen LogP contribution in [0.3, 0.4) is 0 Å². The number of rotatable bonds is 1. The molecule has 0 spiro atoms. The van der Waals surface area contributed by atoms with Crippen molar-refractivity contribution in [2.45, 2.75) is 0 Å². The summed E-state index contributed by atoms with van der Waals surface area (Å²) in [5, 5.41) is 0.484. The maximum Gasteiger partial charge on any atom is 0.173 e. The second-order valence-corrected chi connectivity index (χ2v) is 4.80. The van der Waals surface area contributed by atoms with E-state index in [9.17, 15) is 8.78 Å². The minimum Gasteiger partial charge on any atom is -0.454 e. The lowest BCUT2D eigenvalue weighted by Gasteiger charge is -2.21. The molecule has 1 aliphatic heterocycles. The molecule has 4 heteroatoms. The van der Waals surface area contributed by atoms with E-state index in [1.54, 1.807) is 18.2 Å². The second kappa shape index (κ2) is 4.76. The normalized spacial score (nSPS) is 14.1. The molecule has 0 fully saturated rings. The molecule has 0 amide bonds. The van der Waals surface area contributed by atoms with Gasteiger partial charge < -0.3 is 4.74 Å². The molecule has 0 aliphatic carbocycles. The number of halogens is 3. The lowest BCUT2D eigenvalue weighted by atomic mass is 9.94. The summed E-state index contributed by atoms with van der Waals surface area (Å²) in [5.74, 6) is -0.592. The van der Waals surface area contributed by atoms with E-state index in [2.05, 4.69) is 6.58 Å². The quantitative estimate of drug-likeness (QED) is 0.709. The zero-order valence-corrected chi connectivity index (χ0v) is 11.0. The summed E-state index contributed by atoms with van der Waals surface area (Å²) in [4.78, 5) is 0. The lowest BCUT2D eigenvalue weighted by molar-refractivity contribution is 0.398. The van der Waals surface area contributed by atoms with Crippen molar-refractivity contribution in [3.8, 4) is 5.75 Å². The van der Waals surface area contributed by atoms with Crippen LogP contribution in [0, 0.1) is 5.82 Å². The first-order chi connectivity index (χ1) is 9.56. The summed E-state index contributed by atoms with van der Waals surface area (Å²) in [6.45, 7) is 3.54. The molecule has 0 aromatic heterocycles. The Balaban J connectivity index is 2.24. The van der Waals surface area contributed by atoms with Crippen LogP contribution in [0.4, 0.5) is 8.78 Å². The van der Waals surface area contributed by atoms with Crippen LogP contribution < -0.4 is 4.74 Å². The van der Waals surface area contributed by atoms with Gasteiger partial charge in [-0.2, -0.15) is 0 Å². The van der Waals surface area contributed by atoms with Crippen molar-refractivity contribution >= 4 is 17.2 Å². The highest BCUT2D eigenvalue weighted by molar-refractivity contribution is 6.30. The molecular formula is C16H9ClF2O. The zero-order valence-electron chi connectivity index (χ0n) is 10.3. The van der Waals surface area contributed by atoms with Crippen LogP contribution in [0.2, 0.25) is 5.02 Å². The highest BCUT2D eigenvalue weighted by Gasteiger charge is 2.25. The molecule has 0 N–H and O–H groups in total. The maximum atomic E-state index is 14.3. The van der Waals surface area contributed by atoms with E-state index in [1.807, 2.05) is 0 Å². The van der Waals surface area contributed by atoms with Gasteiger partial charge >= 0.3 is 0 Å². The summed E-state index contributed by atoms with van der Waals surface area (Å²) in [5.41, 5.74) is 1.44. The van der Waals surface area contributed by atoms with E-state index < -0.39 is 5.83 Å². The van der Waals surface area contributed by atoms with Gasteiger partial charge in [-0.25, -0.2) is 8.78 Å². The summed E-state index contributed by atoms with van der Waals surface area (Å²) in [7, 11) is 0. The number of benzene rings is 2. The monoisotopic (exact) mass is 290 g/mol. The van der Waals surface area contributed by atoms with Gasteiger partial charge in [0.05, 0.1) is 0 Å². The Hall–Kier alpha value is -2.13. The summed E-state index contributed by atoms with van der Waals surface area (Å²) in [6, 6.07) is 10.5. The molecule has 1 heterocycles. The average Bonchev–Trinajstić information content (AvgIpc) is 2.42. The smallest absolute Gasteiger partial charge is 0.173 e.